The lowest BCUT2D eigenvalue weighted by atomic mass is 10.0. The first-order valence-electron chi connectivity index (χ1n) is 10.5. The van der Waals surface area contributed by atoms with Crippen molar-refractivity contribution in [3.8, 4) is 5.75 Å². The quantitative estimate of drug-likeness (QED) is 0.794. The molecule has 0 saturated carbocycles. The van der Waals surface area contributed by atoms with E-state index in [-0.39, 0.29) is 5.82 Å². The number of piperidine rings is 1. The summed E-state index contributed by atoms with van der Waals surface area (Å²) in [5.74, 6) is 0.831. The van der Waals surface area contributed by atoms with Crippen molar-refractivity contribution in [2.24, 2.45) is 0 Å². The molecule has 5 heteroatoms. The minimum atomic E-state index is -0.145. The summed E-state index contributed by atoms with van der Waals surface area (Å²) < 4.78 is 18.6. The molecule has 0 amide bonds. The normalized spacial score (nSPS) is 23.6. The number of halogens is 1. The lowest BCUT2D eigenvalue weighted by molar-refractivity contribution is -0.963. The van der Waals surface area contributed by atoms with E-state index in [1.54, 1.807) is 29.0 Å². The molecule has 0 aromatic heterocycles. The standard InChI is InChI=1S/C23H30FN3O/c1-28-23-5-3-2-4-22(23)27-16-14-26(15-17-27)21-10-12-25(13-11-21)18-19-6-8-20(24)9-7-19/h2-9,21H,10-18H2,1H3/p+2. The molecule has 2 aromatic rings. The molecule has 4 rings (SSSR count). The maximum Gasteiger partial charge on any atom is 0.142 e. The summed E-state index contributed by atoms with van der Waals surface area (Å²) in [6, 6.07) is 16.1. The Morgan fingerprint density at radius 3 is 2.32 bits per heavy atom. The van der Waals surface area contributed by atoms with Gasteiger partial charge in [-0.05, 0) is 24.3 Å². The monoisotopic (exact) mass is 385 g/mol. The highest BCUT2D eigenvalue weighted by Crippen LogP contribution is 2.27. The molecule has 2 aromatic carbocycles. The van der Waals surface area contributed by atoms with E-state index in [1.165, 1.54) is 50.3 Å². The van der Waals surface area contributed by atoms with Gasteiger partial charge in [0.2, 0.25) is 0 Å². The average molecular weight is 386 g/mol. The van der Waals surface area contributed by atoms with Gasteiger partial charge in [-0.3, -0.25) is 0 Å². The van der Waals surface area contributed by atoms with E-state index in [9.17, 15) is 4.39 Å². The van der Waals surface area contributed by atoms with E-state index in [2.05, 4.69) is 17.0 Å². The van der Waals surface area contributed by atoms with Gasteiger partial charge < -0.3 is 19.4 Å². The van der Waals surface area contributed by atoms with E-state index >= 15 is 0 Å². The van der Waals surface area contributed by atoms with Crippen molar-refractivity contribution in [2.75, 3.05) is 51.3 Å². The Hall–Kier alpha value is -2.11. The molecule has 0 aliphatic carbocycles. The number of piperazine rings is 1. The van der Waals surface area contributed by atoms with Crippen LogP contribution in [-0.4, -0.2) is 52.4 Å². The van der Waals surface area contributed by atoms with Crippen molar-refractivity contribution in [2.45, 2.75) is 25.4 Å². The smallest absolute Gasteiger partial charge is 0.142 e. The van der Waals surface area contributed by atoms with E-state index in [0.29, 0.717) is 0 Å². The maximum absolute atomic E-state index is 13.1. The third-order valence-corrected chi connectivity index (χ3v) is 6.47. The van der Waals surface area contributed by atoms with Crippen LogP contribution in [0.2, 0.25) is 0 Å². The van der Waals surface area contributed by atoms with Crippen LogP contribution >= 0.6 is 0 Å². The average Bonchev–Trinajstić information content (AvgIpc) is 2.76. The van der Waals surface area contributed by atoms with Crippen LogP contribution in [0.15, 0.2) is 48.5 Å². The van der Waals surface area contributed by atoms with Crippen molar-refractivity contribution >= 4 is 5.69 Å². The van der Waals surface area contributed by atoms with Crippen molar-refractivity contribution in [3.63, 3.8) is 0 Å². The Bertz CT molecular complexity index is 751. The molecular weight excluding hydrogens is 353 g/mol. The Kier molecular flexibility index (Phi) is 6.13. The molecule has 2 aliphatic rings. The van der Waals surface area contributed by atoms with Crippen LogP contribution in [-0.2, 0) is 6.54 Å². The number of nitrogens with zero attached hydrogens (tertiary/aromatic N) is 1. The lowest BCUT2D eigenvalue weighted by Crippen LogP contribution is -3.21. The molecule has 0 bridgehead atoms. The van der Waals surface area contributed by atoms with Crippen molar-refractivity contribution in [3.05, 3.63) is 59.9 Å². The van der Waals surface area contributed by atoms with E-state index < -0.39 is 0 Å². The number of likely N-dealkylation sites (tertiary alicyclic amines) is 1. The van der Waals surface area contributed by atoms with Gasteiger partial charge in [-0.1, -0.05) is 24.3 Å². The zero-order valence-electron chi connectivity index (χ0n) is 16.8. The number of hydrogen-bond donors (Lipinski definition) is 2. The Morgan fingerprint density at radius 2 is 1.64 bits per heavy atom. The number of hydrogen-bond acceptors (Lipinski definition) is 2. The van der Waals surface area contributed by atoms with Crippen LogP contribution in [0.3, 0.4) is 0 Å². The molecule has 0 unspecified atom stereocenters. The lowest BCUT2D eigenvalue weighted by Gasteiger charge is -2.40. The highest BCUT2D eigenvalue weighted by molar-refractivity contribution is 5.58. The number of anilines is 1. The minimum Gasteiger partial charge on any atom is -0.495 e. The largest absolute Gasteiger partial charge is 0.495 e. The minimum absolute atomic E-state index is 0.145. The Balaban J connectivity index is 1.25. The molecule has 28 heavy (non-hydrogen) atoms. The fourth-order valence-corrected chi connectivity index (χ4v) is 4.84. The fraction of sp³-hybridized carbons (Fsp3) is 0.478. The summed E-state index contributed by atoms with van der Waals surface area (Å²) in [7, 11) is 1.75. The number of benzene rings is 2. The summed E-state index contributed by atoms with van der Waals surface area (Å²) in [6.45, 7) is 8.07. The topological polar surface area (TPSA) is 21.4 Å². The predicted octanol–water partition coefficient (Wildman–Crippen LogP) is 0.787. The van der Waals surface area contributed by atoms with Gasteiger partial charge in [0.25, 0.3) is 0 Å². The van der Waals surface area contributed by atoms with E-state index in [4.69, 9.17) is 4.74 Å². The van der Waals surface area contributed by atoms with E-state index in [1.807, 2.05) is 24.3 Å². The van der Waals surface area contributed by atoms with Crippen LogP contribution < -0.4 is 19.4 Å². The zero-order chi connectivity index (χ0) is 19.3. The summed E-state index contributed by atoms with van der Waals surface area (Å²) >= 11 is 0. The fourth-order valence-electron chi connectivity index (χ4n) is 4.84. The maximum atomic E-state index is 13.1. The molecule has 2 aliphatic heterocycles. The second-order valence-corrected chi connectivity index (χ2v) is 8.14. The Labute approximate surface area is 167 Å². The third-order valence-electron chi connectivity index (χ3n) is 6.47. The van der Waals surface area contributed by atoms with Crippen molar-refractivity contribution in [1.29, 1.82) is 0 Å². The Morgan fingerprint density at radius 1 is 0.964 bits per heavy atom. The molecule has 4 nitrogen and oxygen atoms in total. The van der Waals surface area contributed by atoms with E-state index in [0.717, 1.165) is 31.4 Å². The number of ether oxygens (including phenoxy) is 1. The summed E-state index contributed by atoms with van der Waals surface area (Å²) in [5, 5.41) is 0. The number of nitrogens with one attached hydrogen (secondary N) is 2. The summed E-state index contributed by atoms with van der Waals surface area (Å²) in [6.07, 6.45) is 2.58. The van der Waals surface area contributed by atoms with Crippen LogP contribution in [0, 0.1) is 5.82 Å². The molecular formula is C23H32FN3O+2. The predicted molar refractivity (Wildman–Crippen MR) is 110 cm³/mol. The zero-order valence-corrected chi connectivity index (χ0v) is 16.8. The molecule has 2 saturated heterocycles. The van der Waals surface area contributed by atoms with Crippen LogP contribution in [0.1, 0.15) is 18.4 Å². The molecule has 0 atom stereocenters. The van der Waals surface area contributed by atoms with Crippen molar-refractivity contribution in [1.82, 2.24) is 0 Å². The molecule has 2 N–H and O–H groups in total. The first kappa shape index (κ1) is 19.2. The number of quaternary nitrogens is 2. The highest BCUT2D eigenvalue weighted by atomic mass is 19.1. The molecule has 0 radical (unpaired) electrons. The number of rotatable bonds is 5. The summed E-state index contributed by atoms with van der Waals surface area (Å²) in [5.41, 5.74) is 2.47. The van der Waals surface area contributed by atoms with Gasteiger partial charge in [-0.2, -0.15) is 0 Å². The van der Waals surface area contributed by atoms with Crippen molar-refractivity contribution < 1.29 is 18.9 Å². The van der Waals surface area contributed by atoms with Crippen LogP contribution in [0.4, 0.5) is 10.1 Å². The van der Waals surface area contributed by atoms with Crippen LogP contribution in [0.5, 0.6) is 5.75 Å². The van der Waals surface area contributed by atoms with Gasteiger partial charge >= 0.3 is 0 Å². The van der Waals surface area contributed by atoms with Crippen LogP contribution in [0.25, 0.3) is 0 Å². The second kappa shape index (κ2) is 8.93. The van der Waals surface area contributed by atoms with Gasteiger partial charge in [0, 0.05) is 18.4 Å². The molecule has 0 spiro atoms. The summed E-state index contributed by atoms with van der Waals surface area (Å²) in [4.78, 5) is 5.87. The van der Waals surface area contributed by atoms with Gasteiger partial charge in [-0.15, -0.1) is 0 Å². The molecule has 2 heterocycles. The number of para-hydroxylation sites is 2. The first-order chi connectivity index (χ1) is 13.7. The first-order valence-corrected chi connectivity index (χ1v) is 10.5. The number of methoxy groups -OCH3 is 1. The third kappa shape index (κ3) is 4.47. The highest BCUT2D eigenvalue weighted by Gasteiger charge is 2.32. The van der Waals surface area contributed by atoms with Gasteiger partial charge in [-0.25, -0.2) is 4.39 Å². The molecule has 150 valence electrons. The molecule has 2 fully saturated rings. The second-order valence-electron chi connectivity index (χ2n) is 8.14. The van der Waals surface area contributed by atoms with Gasteiger partial charge in [0.15, 0.2) is 0 Å². The SMILES string of the molecule is COc1ccccc1N1CC[NH+](C2CC[NH+](Cc3ccc(F)cc3)CC2)CC1. The van der Waals surface area contributed by atoms with Gasteiger partial charge in [0.1, 0.15) is 18.1 Å². The van der Waals surface area contributed by atoms with Gasteiger partial charge in [0.05, 0.1) is 58.1 Å².